The van der Waals surface area contributed by atoms with Gasteiger partial charge in [-0.25, -0.2) is 0 Å². The van der Waals surface area contributed by atoms with E-state index in [1.54, 1.807) is 32.7 Å². The fraction of sp³-hybridized carbons (Fsp3) is 0.333. The van der Waals surface area contributed by atoms with Gasteiger partial charge in [0.15, 0.2) is 11.5 Å². The molecule has 0 aliphatic carbocycles. The smallest absolute Gasteiger partial charge is 0.203 e. The van der Waals surface area contributed by atoms with E-state index in [1.165, 1.54) is 4.88 Å². The molecule has 114 valence electrons. The van der Waals surface area contributed by atoms with Crippen LogP contribution in [0.1, 0.15) is 21.4 Å². The van der Waals surface area contributed by atoms with Crippen LogP contribution in [0.2, 0.25) is 0 Å². The lowest BCUT2D eigenvalue weighted by atomic mass is 10.0. The average molecular weight is 372 g/mol. The maximum absolute atomic E-state index is 6.37. The van der Waals surface area contributed by atoms with Crippen molar-refractivity contribution in [1.29, 1.82) is 0 Å². The molecule has 2 N–H and O–H groups in total. The van der Waals surface area contributed by atoms with Crippen molar-refractivity contribution in [2.24, 2.45) is 5.73 Å². The Bertz CT molecular complexity index is 597. The minimum atomic E-state index is -0.242. The Balaban J connectivity index is 2.48. The first-order valence-corrected chi connectivity index (χ1v) is 7.94. The molecule has 2 rings (SSSR count). The Kier molecular flexibility index (Phi) is 5.13. The van der Waals surface area contributed by atoms with E-state index in [1.807, 2.05) is 18.2 Å². The van der Waals surface area contributed by atoms with Crippen molar-refractivity contribution in [3.63, 3.8) is 0 Å². The second-order valence-electron chi connectivity index (χ2n) is 4.49. The fourth-order valence-electron chi connectivity index (χ4n) is 2.08. The normalized spacial score (nSPS) is 12.1. The van der Waals surface area contributed by atoms with Crippen molar-refractivity contribution in [1.82, 2.24) is 0 Å². The number of thiophene rings is 1. The lowest BCUT2D eigenvalue weighted by molar-refractivity contribution is 0.323. The molecule has 1 unspecified atom stereocenters. The zero-order chi connectivity index (χ0) is 15.6. The largest absolute Gasteiger partial charge is 0.493 e. The van der Waals surface area contributed by atoms with Crippen LogP contribution in [-0.2, 0) is 0 Å². The summed E-state index contributed by atoms with van der Waals surface area (Å²) < 4.78 is 17.1. The van der Waals surface area contributed by atoms with Gasteiger partial charge in [-0.15, -0.1) is 11.3 Å². The van der Waals surface area contributed by atoms with E-state index in [-0.39, 0.29) is 6.04 Å². The van der Waals surface area contributed by atoms with E-state index in [0.717, 1.165) is 14.9 Å². The molecule has 0 saturated heterocycles. The van der Waals surface area contributed by atoms with E-state index in [0.29, 0.717) is 17.2 Å². The van der Waals surface area contributed by atoms with Gasteiger partial charge >= 0.3 is 0 Å². The molecule has 0 saturated carbocycles. The van der Waals surface area contributed by atoms with Crippen LogP contribution in [0.15, 0.2) is 22.7 Å². The van der Waals surface area contributed by atoms with Crippen LogP contribution in [0.3, 0.4) is 0 Å². The maximum atomic E-state index is 6.37. The van der Waals surface area contributed by atoms with Gasteiger partial charge in [0.05, 0.1) is 27.4 Å². The van der Waals surface area contributed by atoms with E-state index in [2.05, 4.69) is 22.9 Å². The van der Waals surface area contributed by atoms with Crippen molar-refractivity contribution >= 4 is 27.3 Å². The predicted molar refractivity (Wildman–Crippen MR) is 88.9 cm³/mol. The van der Waals surface area contributed by atoms with Crippen molar-refractivity contribution in [3.05, 3.63) is 38.0 Å². The third kappa shape index (κ3) is 3.17. The van der Waals surface area contributed by atoms with Crippen molar-refractivity contribution in [2.45, 2.75) is 13.0 Å². The lowest BCUT2D eigenvalue weighted by Gasteiger charge is -2.17. The highest BCUT2D eigenvalue weighted by Crippen LogP contribution is 2.41. The van der Waals surface area contributed by atoms with Gasteiger partial charge in [0.25, 0.3) is 0 Å². The molecule has 0 aliphatic rings. The molecule has 1 heterocycles. The average Bonchev–Trinajstić information content (AvgIpc) is 2.84. The molecule has 0 amide bonds. The molecular formula is C15H18BrNO3S. The van der Waals surface area contributed by atoms with Crippen molar-refractivity contribution in [2.75, 3.05) is 21.3 Å². The summed E-state index contributed by atoms with van der Waals surface area (Å²) in [7, 11) is 4.77. The minimum Gasteiger partial charge on any atom is -0.493 e. The summed E-state index contributed by atoms with van der Waals surface area (Å²) in [5.41, 5.74) is 7.29. The Labute approximate surface area is 137 Å². The fourth-order valence-corrected chi connectivity index (χ4v) is 3.67. The Morgan fingerprint density at radius 3 is 2.00 bits per heavy atom. The highest BCUT2D eigenvalue weighted by molar-refractivity contribution is 9.10. The van der Waals surface area contributed by atoms with E-state index < -0.39 is 0 Å². The number of methoxy groups -OCH3 is 3. The summed E-state index contributed by atoms with van der Waals surface area (Å²) in [4.78, 5) is 2.28. The quantitative estimate of drug-likeness (QED) is 0.865. The number of aryl methyl sites for hydroxylation is 1. The number of hydrogen-bond acceptors (Lipinski definition) is 5. The molecule has 0 fully saturated rings. The highest BCUT2D eigenvalue weighted by atomic mass is 79.9. The molecule has 0 aliphatic heterocycles. The molecule has 0 spiro atoms. The second-order valence-corrected chi connectivity index (χ2v) is 6.63. The number of nitrogens with two attached hydrogens (primary N) is 1. The zero-order valence-electron chi connectivity index (χ0n) is 12.4. The third-order valence-corrected chi connectivity index (χ3v) is 5.45. The number of benzene rings is 1. The molecule has 21 heavy (non-hydrogen) atoms. The standard InChI is InChI=1S/C15H18BrNO3S/c1-8-10(16)7-13(21-8)14(17)9-5-11(18-2)15(20-4)12(6-9)19-3/h5-7,14H,17H2,1-4H3. The summed E-state index contributed by atoms with van der Waals surface area (Å²) in [6.07, 6.45) is 0. The highest BCUT2D eigenvalue weighted by Gasteiger charge is 2.19. The van der Waals surface area contributed by atoms with Gasteiger partial charge in [-0.1, -0.05) is 0 Å². The third-order valence-electron chi connectivity index (χ3n) is 3.23. The topological polar surface area (TPSA) is 53.7 Å². The van der Waals surface area contributed by atoms with Crippen LogP contribution in [0, 0.1) is 6.92 Å². The van der Waals surface area contributed by atoms with Crippen LogP contribution in [0.4, 0.5) is 0 Å². The van der Waals surface area contributed by atoms with E-state index >= 15 is 0 Å². The summed E-state index contributed by atoms with van der Waals surface area (Å²) in [6, 6.07) is 5.58. The van der Waals surface area contributed by atoms with Crippen molar-refractivity contribution < 1.29 is 14.2 Å². The van der Waals surface area contributed by atoms with Crippen LogP contribution >= 0.6 is 27.3 Å². The number of halogens is 1. The zero-order valence-corrected chi connectivity index (χ0v) is 14.8. The van der Waals surface area contributed by atoms with Gasteiger partial charge < -0.3 is 19.9 Å². The summed E-state index contributed by atoms with van der Waals surface area (Å²) in [6.45, 7) is 2.06. The molecule has 6 heteroatoms. The monoisotopic (exact) mass is 371 g/mol. The van der Waals surface area contributed by atoms with Gasteiger partial charge in [-0.2, -0.15) is 0 Å². The van der Waals surface area contributed by atoms with Crippen LogP contribution in [-0.4, -0.2) is 21.3 Å². The Morgan fingerprint density at radius 1 is 1.05 bits per heavy atom. The molecular weight excluding hydrogens is 354 g/mol. The summed E-state index contributed by atoms with van der Waals surface area (Å²) >= 11 is 5.19. The molecule has 1 aromatic carbocycles. The first kappa shape index (κ1) is 16.1. The van der Waals surface area contributed by atoms with Gasteiger partial charge in [-0.05, 0) is 46.6 Å². The molecule has 4 nitrogen and oxygen atoms in total. The van der Waals surface area contributed by atoms with Crippen LogP contribution in [0.5, 0.6) is 17.2 Å². The van der Waals surface area contributed by atoms with Gasteiger partial charge in [-0.3, -0.25) is 0 Å². The van der Waals surface area contributed by atoms with Crippen LogP contribution < -0.4 is 19.9 Å². The molecule has 1 aromatic heterocycles. The van der Waals surface area contributed by atoms with Gasteiger partial charge in [0, 0.05) is 14.2 Å². The second kappa shape index (κ2) is 6.68. The summed E-state index contributed by atoms with van der Waals surface area (Å²) in [5.74, 6) is 1.78. The van der Waals surface area contributed by atoms with Gasteiger partial charge in [0.1, 0.15) is 0 Å². The Hall–Kier alpha value is -1.24. The SMILES string of the molecule is COc1cc(C(N)c2cc(Br)c(C)s2)cc(OC)c1OC. The van der Waals surface area contributed by atoms with Crippen molar-refractivity contribution in [3.8, 4) is 17.2 Å². The van der Waals surface area contributed by atoms with E-state index in [9.17, 15) is 0 Å². The predicted octanol–water partition coefficient (Wildman–Crippen LogP) is 3.89. The molecule has 0 radical (unpaired) electrons. The maximum Gasteiger partial charge on any atom is 0.203 e. The Morgan fingerprint density at radius 2 is 1.62 bits per heavy atom. The minimum absolute atomic E-state index is 0.242. The first-order valence-electron chi connectivity index (χ1n) is 6.33. The van der Waals surface area contributed by atoms with E-state index in [4.69, 9.17) is 19.9 Å². The van der Waals surface area contributed by atoms with Crippen LogP contribution in [0.25, 0.3) is 0 Å². The molecule has 2 aromatic rings. The molecule has 1 atom stereocenters. The molecule has 0 bridgehead atoms. The number of ether oxygens (including phenoxy) is 3. The lowest BCUT2D eigenvalue weighted by Crippen LogP contribution is -2.11. The number of hydrogen-bond donors (Lipinski definition) is 1. The summed E-state index contributed by atoms with van der Waals surface area (Å²) in [5, 5.41) is 0. The number of rotatable bonds is 5. The first-order chi connectivity index (χ1) is 10.0. The van der Waals surface area contributed by atoms with Gasteiger partial charge in [0.2, 0.25) is 5.75 Å².